The van der Waals surface area contributed by atoms with Gasteiger partial charge in [0.1, 0.15) is 0 Å². The van der Waals surface area contributed by atoms with Crippen LogP contribution in [0.5, 0.6) is 17.2 Å². The number of nitrogens with zero attached hydrogens (tertiary/aromatic N) is 1. The van der Waals surface area contributed by atoms with Crippen LogP contribution in [0.3, 0.4) is 0 Å². The van der Waals surface area contributed by atoms with E-state index in [0.29, 0.717) is 34.0 Å². The van der Waals surface area contributed by atoms with E-state index >= 15 is 0 Å². The van der Waals surface area contributed by atoms with E-state index in [1.54, 1.807) is 25.3 Å². The third-order valence-electron chi connectivity index (χ3n) is 4.34. The predicted molar refractivity (Wildman–Crippen MR) is 108 cm³/mol. The van der Waals surface area contributed by atoms with Gasteiger partial charge in [0.25, 0.3) is 0 Å². The predicted octanol–water partition coefficient (Wildman–Crippen LogP) is 3.85. The maximum absolute atomic E-state index is 12.3. The number of ketones is 1. The van der Waals surface area contributed by atoms with Gasteiger partial charge in [0.05, 0.1) is 38.1 Å². The van der Waals surface area contributed by atoms with Gasteiger partial charge in [0.15, 0.2) is 17.3 Å². The van der Waals surface area contributed by atoms with Gasteiger partial charge < -0.3 is 19.3 Å². The number of pyridine rings is 1. The second-order valence-corrected chi connectivity index (χ2v) is 6.03. The zero-order valence-corrected chi connectivity index (χ0v) is 16.1. The molecule has 0 aliphatic carbocycles. The molecule has 0 fully saturated rings. The maximum atomic E-state index is 12.3. The van der Waals surface area contributed by atoms with Crippen LogP contribution in [0.1, 0.15) is 26.4 Å². The van der Waals surface area contributed by atoms with Crippen LogP contribution in [0.25, 0.3) is 17.0 Å². The van der Waals surface area contributed by atoms with Gasteiger partial charge >= 0.3 is 5.97 Å². The van der Waals surface area contributed by atoms with Gasteiger partial charge in [0.2, 0.25) is 5.75 Å². The molecular weight excluding hydrogens is 374 g/mol. The summed E-state index contributed by atoms with van der Waals surface area (Å²) in [4.78, 5) is 27.8. The van der Waals surface area contributed by atoms with Crippen molar-refractivity contribution in [1.29, 1.82) is 0 Å². The lowest BCUT2D eigenvalue weighted by molar-refractivity contribution is 0.0696. The second-order valence-electron chi connectivity index (χ2n) is 6.03. The summed E-state index contributed by atoms with van der Waals surface area (Å²) in [5.41, 5.74) is 1.71. The molecule has 0 amide bonds. The number of allylic oxidation sites excluding steroid dienone is 1. The average Bonchev–Trinajstić information content (AvgIpc) is 2.75. The highest BCUT2D eigenvalue weighted by atomic mass is 16.5. The number of methoxy groups -OCH3 is 3. The molecule has 29 heavy (non-hydrogen) atoms. The Balaban J connectivity index is 1.92. The van der Waals surface area contributed by atoms with Gasteiger partial charge in [-0.1, -0.05) is 12.1 Å². The molecule has 1 heterocycles. The lowest BCUT2D eigenvalue weighted by atomic mass is 10.1. The Morgan fingerprint density at radius 3 is 2.14 bits per heavy atom. The van der Waals surface area contributed by atoms with E-state index in [0.717, 1.165) is 5.39 Å². The minimum Gasteiger partial charge on any atom is -0.493 e. The SMILES string of the molecule is COc1cc2nc(/C=C/C(=O)c3ccc(C(=O)O)cc3)ccc2c(OC)c1OC. The molecule has 0 spiro atoms. The fourth-order valence-corrected chi connectivity index (χ4v) is 2.89. The largest absolute Gasteiger partial charge is 0.493 e. The summed E-state index contributed by atoms with van der Waals surface area (Å²) >= 11 is 0. The number of ether oxygens (including phenoxy) is 3. The minimum atomic E-state index is -1.04. The highest BCUT2D eigenvalue weighted by Gasteiger charge is 2.16. The molecule has 7 heteroatoms. The summed E-state index contributed by atoms with van der Waals surface area (Å²) in [7, 11) is 4.60. The van der Waals surface area contributed by atoms with Crippen molar-refractivity contribution >= 4 is 28.7 Å². The van der Waals surface area contributed by atoms with Crippen molar-refractivity contribution in [3.8, 4) is 17.2 Å². The van der Waals surface area contributed by atoms with Gasteiger partial charge in [0, 0.05) is 17.0 Å². The number of hydrogen-bond acceptors (Lipinski definition) is 6. The molecule has 3 rings (SSSR count). The average molecular weight is 393 g/mol. The van der Waals surface area contributed by atoms with E-state index < -0.39 is 5.97 Å². The lowest BCUT2D eigenvalue weighted by Crippen LogP contribution is -1.99. The number of carboxylic acids is 1. The summed E-state index contributed by atoms with van der Waals surface area (Å²) in [6, 6.07) is 11.1. The molecular formula is C22H19NO6. The number of aromatic carboxylic acids is 1. The topological polar surface area (TPSA) is 95.0 Å². The first-order valence-corrected chi connectivity index (χ1v) is 8.64. The monoisotopic (exact) mass is 393 g/mol. The number of benzene rings is 2. The Kier molecular flexibility index (Phi) is 5.78. The highest BCUT2D eigenvalue weighted by Crippen LogP contribution is 2.42. The van der Waals surface area contributed by atoms with Crippen LogP contribution in [-0.4, -0.2) is 43.2 Å². The van der Waals surface area contributed by atoms with Crippen LogP contribution in [0, 0.1) is 0 Å². The number of rotatable bonds is 7. The Morgan fingerprint density at radius 2 is 1.55 bits per heavy atom. The Hall–Kier alpha value is -3.87. The van der Waals surface area contributed by atoms with Gasteiger partial charge in [-0.15, -0.1) is 0 Å². The fourth-order valence-electron chi connectivity index (χ4n) is 2.89. The third-order valence-corrected chi connectivity index (χ3v) is 4.34. The first kappa shape index (κ1) is 19.9. The Labute approximate surface area is 167 Å². The summed E-state index contributed by atoms with van der Waals surface area (Å²) in [5, 5.41) is 9.68. The van der Waals surface area contributed by atoms with Gasteiger partial charge in [-0.2, -0.15) is 0 Å². The number of carboxylic acid groups (broad SMARTS) is 1. The van der Waals surface area contributed by atoms with Crippen LogP contribution in [0.2, 0.25) is 0 Å². The zero-order chi connectivity index (χ0) is 21.0. The number of aromatic nitrogens is 1. The van der Waals surface area contributed by atoms with Crippen LogP contribution in [0.4, 0.5) is 0 Å². The highest BCUT2D eigenvalue weighted by molar-refractivity contribution is 6.07. The molecule has 0 saturated heterocycles. The summed E-state index contributed by atoms with van der Waals surface area (Å²) in [5.74, 6) is 0.184. The van der Waals surface area contributed by atoms with E-state index in [-0.39, 0.29) is 11.3 Å². The second kappa shape index (κ2) is 8.43. The molecule has 0 atom stereocenters. The van der Waals surface area contributed by atoms with Crippen molar-refractivity contribution in [2.75, 3.05) is 21.3 Å². The molecule has 148 valence electrons. The Bertz CT molecular complexity index is 1100. The molecule has 7 nitrogen and oxygen atoms in total. The van der Waals surface area contributed by atoms with Crippen molar-refractivity contribution in [2.45, 2.75) is 0 Å². The van der Waals surface area contributed by atoms with E-state index in [1.165, 1.54) is 44.6 Å². The molecule has 1 N–H and O–H groups in total. The first-order valence-electron chi connectivity index (χ1n) is 8.64. The van der Waals surface area contributed by atoms with Gasteiger partial charge in [-0.05, 0) is 36.4 Å². The molecule has 3 aromatic rings. The van der Waals surface area contributed by atoms with Crippen LogP contribution >= 0.6 is 0 Å². The van der Waals surface area contributed by atoms with E-state index in [4.69, 9.17) is 19.3 Å². The Morgan fingerprint density at radius 1 is 0.897 bits per heavy atom. The molecule has 0 saturated carbocycles. The van der Waals surface area contributed by atoms with Crippen molar-refractivity contribution < 1.29 is 28.9 Å². The minimum absolute atomic E-state index is 0.125. The maximum Gasteiger partial charge on any atom is 0.335 e. The molecule has 0 aliphatic rings. The smallest absolute Gasteiger partial charge is 0.335 e. The third kappa shape index (κ3) is 4.03. The summed E-state index contributed by atoms with van der Waals surface area (Å²) in [6.07, 6.45) is 2.98. The van der Waals surface area contributed by atoms with E-state index in [1.807, 2.05) is 6.07 Å². The van der Waals surface area contributed by atoms with Crippen LogP contribution in [-0.2, 0) is 0 Å². The van der Waals surface area contributed by atoms with Crippen molar-refractivity contribution in [3.05, 3.63) is 65.4 Å². The molecule has 2 aromatic carbocycles. The standard InChI is InChI=1S/C22H19NO6/c1-27-19-12-17-16(20(28-2)21(19)29-3)10-8-15(23-17)9-11-18(24)13-4-6-14(7-5-13)22(25)26/h4-12H,1-3H3,(H,25,26)/b11-9+. The van der Waals surface area contributed by atoms with Crippen LogP contribution < -0.4 is 14.2 Å². The molecule has 1 aromatic heterocycles. The first-order chi connectivity index (χ1) is 14.0. The normalized spacial score (nSPS) is 10.9. The summed E-state index contributed by atoms with van der Waals surface area (Å²) < 4.78 is 16.2. The molecule has 0 aliphatic heterocycles. The number of carbonyl (C=O) groups excluding carboxylic acids is 1. The molecule has 0 bridgehead atoms. The van der Waals surface area contributed by atoms with Crippen molar-refractivity contribution in [1.82, 2.24) is 4.98 Å². The molecule has 0 unspecified atom stereocenters. The quantitative estimate of drug-likeness (QED) is 0.481. The lowest BCUT2D eigenvalue weighted by Gasteiger charge is -2.14. The number of hydrogen-bond donors (Lipinski definition) is 1. The van der Waals surface area contributed by atoms with E-state index in [2.05, 4.69) is 4.98 Å². The molecule has 0 radical (unpaired) electrons. The van der Waals surface area contributed by atoms with Gasteiger partial charge in [-0.25, -0.2) is 9.78 Å². The van der Waals surface area contributed by atoms with Crippen molar-refractivity contribution in [2.24, 2.45) is 0 Å². The summed E-state index contributed by atoms with van der Waals surface area (Å²) in [6.45, 7) is 0. The van der Waals surface area contributed by atoms with Gasteiger partial charge in [-0.3, -0.25) is 4.79 Å². The zero-order valence-electron chi connectivity index (χ0n) is 16.1. The van der Waals surface area contributed by atoms with Crippen molar-refractivity contribution in [3.63, 3.8) is 0 Å². The number of carbonyl (C=O) groups is 2. The van der Waals surface area contributed by atoms with E-state index in [9.17, 15) is 9.59 Å². The number of fused-ring (bicyclic) bond motifs is 1. The van der Waals surface area contributed by atoms with Crippen LogP contribution in [0.15, 0.2) is 48.5 Å². The fraction of sp³-hybridized carbons (Fsp3) is 0.136.